The molecule has 4 rings (SSSR count). The average molecular weight is 379 g/mol. The lowest BCUT2D eigenvalue weighted by Crippen LogP contribution is -2.55. The molecule has 5 nitrogen and oxygen atoms in total. The van der Waals surface area contributed by atoms with Gasteiger partial charge in [0.25, 0.3) is 0 Å². The molecule has 2 aliphatic rings. The van der Waals surface area contributed by atoms with Crippen molar-refractivity contribution in [2.75, 3.05) is 0 Å². The predicted octanol–water partition coefficient (Wildman–Crippen LogP) is 4.53. The average Bonchev–Trinajstić information content (AvgIpc) is 3.45. The van der Waals surface area contributed by atoms with Crippen molar-refractivity contribution in [3.63, 3.8) is 0 Å². The van der Waals surface area contributed by atoms with E-state index >= 15 is 0 Å². The summed E-state index contributed by atoms with van der Waals surface area (Å²) in [7, 11) is 0. The molecule has 1 saturated carbocycles. The Morgan fingerprint density at radius 3 is 2.36 bits per heavy atom. The Morgan fingerprint density at radius 2 is 1.79 bits per heavy atom. The van der Waals surface area contributed by atoms with Crippen LogP contribution in [0.15, 0.2) is 42.5 Å². The van der Waals surface area contributed by atoms with Crippen LogP contribution in [0.1, 0.15) is 44.2 Å². The lowest BCUT2D eigenvalue weighted by Gasteiger charge is -2.42. The zero-order valence-corrected chi connectivity index (χ0v) is 16.2. The van der Waals surface area contributed by atoms with Crippen LogP contribution in [0.3, 0.4) is 0 Å². The second-order valence-corrected chi connectivity index (χ2v) is 8.20. The first-order valence-corrected chi connectivity index (χ1v) is 9.77. The van der Waals surface area contributed by atoms with E-state index in [0.29, 0.717) is 0 Å². The third kappa shape index (κ3) is 2.95. The molecule has 2 N–H and O–H groups in total. The molecule has 0 aromatic heterocycles. The summed E-state index contributed by atoms with van der Waals surface area (Å²) in [6.07, 6.45) is 3.22. The number of amides is 1. The summed E-state index contributed by atoms with van der Waals surface area (Å²) in [5, 5.41) is 12.0. The number of rotatable bonds is 5. The highest BCUT2D eigenvalue weighted by Gasteiger charge is 2.63. The van der Waals surface area contributed by atoms with Gasteiger partial charge in [-0.05, 0) is 73.9 Å². The molecule has 0 aliphatic heterocycles. The Kier molecular flexibility index (Phi) is 4.41. The molecule has 1 fully saturated rings. The number of aryl methyl sites for hydroxylation is 1. The summed E-state index contributed by atoms with van der Waals surface area (Å²) in [4.78, 5) is 23.6. The van der Waals surface area contributed by atoms with Crippen molar-refractivity contribution in [1.29, 1.82) is 0 Å². The number of aldehydes is 1. The maximum atomic E-state index is 12.2. The van der Waals surface area contributed by atoms with E-state index < -0.39 is 11.6 Å². The van der Waals surface area contributed by atoms with Gasteiger partial charge in [0.05, 0.1) is 6.10 Å². The second-order valence-electron chi connectivity index (χ2n) is 8.20. The van der Waals surface area contributed by atoms with Crippen LogP contribution in [-0.4, -0.2) is 23.6 Å². The van der Waals surface area contributed by atoms with E-state index in [1.807, 2.05) is 50.2 Å². The molecule has 5 heteroatoms. The molecule has 28 heavy (non-hydrogen) atoms. The Labute approximate surface area is 164 Å². The number of hydrogen-bond acceptors (Lipinski definition) is 3. The first kappa shape index (κ1) is 18.5. The fourth-order valence-electron chi connectivity index (χ4n) is 4.60. The smallest absolute Gasteiger partial charge is 0.405 e. The summed E-state index contributed by atoms with van der Waals surface area (Å²) in [5.74, 6) is 0.831. The third-order valence-electron chi connectivity index (χ3n) is 6.13. The second kappa shape index (κ2) is 6.66. The maximum absolute atomic E-state index is 12.2. The Balaban J connectivity index is 1.71. The highest BCUT2D eigenvalue weighted by Crippen LogP contribution is 2.63. The van der Waals surface area contributed by atoms with E-state index in [1.165, 1.54) is 0 Å². The summed E-state index contributed by atoms with van der Waals surface area (Å²) in [5.41, 5.74) is 2.55. The topological polar surface area (TPSA) is 75.6 Å². The van der Waals surface area contributed by atoms with Gasteiger partial charge in [0.1, 0.15) is 11.3 Å². The monoisotopic (exact) mass is 379 g/mol. The quantitative estimate of drug-likeness (QED) is 0.749. The van der Waals surface area contributed by atoms with Crippen molar-refractivity contribution in [1.82, 2.24) is 5.32 Å². The van der Waals surface area contributed by atoms with Crippen LogP contribution in [0.25, 0.3) is 11.1 Å². The zero-order valence-electron chi connectivity index (χ0n) is 16.2. The standard InChI is InChI=1S/C23H25NO4/c1-15(2)28-19-6-3-16(4-7-19)17-5-8-20-18(13-17)9-10-22(11-12-22)23(20,14-25)24-21(26)27/h3-8,13-15,24H,9-12H2,1-2H3,(H,26,27)/t23-/m1/s1. The van der Waals surface area contributed by atoms with Crippen molar-refractivity contribution >= 4 is 12.4 Å². The first-order valence-electron chi connectivity index (χ1n) is 9.77. The Morgan fingerprint density at radius 1 is 1.11 bits per heavy atom. The van der Waals surface area contributed by atoms with Gasteiger partial charge in [0.15, 0.2) is 6.29 Å². The van der Waals surface area contributed by atoms with E-state index in [0.717, 1.165) is 60.0 Å². The van der Waals surface area contributed by atoms with Crippen molar-refractivity contribution in [2.45, 2.75) is 51.2 Å². The van der Waals surface area contributed by atoms with Gasteiger partial charge in [0.2, 0.25) is 0 Å². The van der Waals surface area contributed by atoms with Gasteiger partial charge in [0, 0.05) is 5.41 Å². The van der Waals surface area contributed by atoms with Gasteiger partial charge < -0.3 is 20.0 Å². The number of fused-ring (bicyclic) bond motifs is 1. The van der Waals surface area contributed by atoms with E-state index in [-0.39, 0.29) is 11.5 Å². The van der Waals surface area contributed by atoms with Crippen molar-refractivity contribution in [3.05, 3.63) is 53.6 Å². The number of carbonyl (C=O) groups is 2. The predicted molar refractivity (Wildman–Crippen MR) is 107 cm³/mol. The van der Waals surface area contributed by atoms with Crippen molar-refractivity contribution in [3.8, 4) is 16.9 Å². The summed E-state index contributed by atoms with van der Waals surface area (Å²) < 4.78 is 5.70. The molecule has 0 saturated heterocycles. The van der Waals surface area contributed by atoms with Gasteiger partial charge in [-0.2, -0.15) is 0 Å². The Hall–Kier alpha value is -2.82. The number of ether oxygens (including phenoxy) is 1. The molecule has 2 aromatic rings. The largest absolute Gasteiger partial charge is 0.491 e. The van der Waals surface area contributed by atoms with E-state index in [2.05, 4.69) is 11.4 Å². The molecule has 2 aliphatic carbocycles. The van der Waals surface area contributed by atoms with Crippen LogP contribution in [0.5, 0.6) is 5.75 Å². The van der Waals surface area contributed by atoms with Crippen LogP contribution >= 0.6 is 0 Å². The van der Waals surface area contributed by atoms with Gasteiger partial charge in [-0.15, -0.1) is 0 Å². The lowest BCUT2D eigenvalue weighted by molar-refractivity contribution is -0.116. The molecule has 0 radical (unpaired) electrons. The minimum absolute atomic E-state index is 0.127. The molecule has 0 heterocycles. The van der Waals surface area contributed by atoms with Gasteiger partial charge in [-0.1, -0.05) is 30.3 Å². The molecule has 2 aromatic carbocycles. The lowest BCUT2D eigenvalue weighted by atomic mass is 9.67. The van der Waals surface area contributed by atoms with Gasteiger partial charge in [-0.25, -0.2) is 4.79 Å². The normalized spacial score (nSPS) is 21.8. The SMILES string of the molecule is CC(C)Oc1ccc(-c2ccc3c(c2)CCC2(CC2)[C@]3(C=O)NC(=O)O)cc1. The number of carbonyl (C=O) groups excluding carboxylic acids is 1. The van der Waals surface area contributed by atoms with Crippen LogP contribution in [0, 0.1) is 5.41 Å². The number of benzene rings is 2. The van der Waals surface area contributed by atoms with Crippen molar-refractivity contribution in [2.24, 2.45) is 5.41 Å². The molecular weight excluding hydrogens is 354 g/mol. The molecular formula is C23H25NO4. The van der Waals surface area contributed by atoms with Crippen LogP contribution in [0.2, 0.25) is 0 Å². The highest BCUT2D eigenvalue weighted by molar-refractivity contribution is 5.81. The minimum Gasteiger partial charge on any atom is -0.491 e. The molecule has 1 atom stereocenters. The van der Waals surface area contributed by atoms with Crippen LogP contribution < -0.4 is 10.1 Å². The van der Waals surface area contributed by atoms with Gasteiger partial charge >= 0.3 is 6.09 Å². The van der Waals surface area contributed by atoms with Crippen molar-refractivity contribution < 1.29 is 19.4 Å². The Bertz CT molecular complexity index is 915. The number of nitrogens with one attached hydrogen (secondary N) is 1. The third-order valence-corrected chi connectivity index (χ3v) is 6.13. The van der Waals surface area contributed by atoms with Crippen LogP contribution in [-0.2, 0) is 16.8 Å². The van der Waals surface area contributed by atoms with Gasteiger partial charge in [-0.3, -0.25) is 0 Å². The van der Waals surface area contributed by atoms with E-state index in [1.54, 1.807) is 0 Å². The fourth-order valence-corrected chi connectivity index (χ4v) is 4.60. The van der Waals surface area contributed by atoms with Crippen LogP contribution in [0.4, 0.5) is 4.79 Å². The highest BCUT2D eigenvalue weighted by atomic mass is 16.5. The summed E-state index contributed by atoms with van der Waals surface area (Å²) >= 11 is 0. The molecule has 0 unspecified atom stereocenters. The molecule has 146 valence electrons. The summed E-state index contributed by atoms with van der Waals surface area (Å²) in [6, 6.07) is 13.9. The zero-order chi connectivity index (χ0) is 19.9. The molecule has 1 spiro atoms. The minimum atomic E-state index is -1.16. The maximum Gasteiger partial charge on any atom is 0.405 e. The molecule has 0 bridgehead atoms. The fraction of sp³-hybridized carbons (Fsp3) is 0.391. The van der Waals surface area contributed by atoms with E-state index in [9.17, 15) is 14.7 Å². The summed E-state index contributed by atoms with van der Waals surface area (Å²) in [6.45, 7) is 3.99. The number of hydrogen-bond donors (Lipinski definition) is 2. The first-order chi connectivity index (χ1) is 13.4. The number of carboxylic acid groups (broad SMARTS) is 1. The van der Waals surface area contributed by atoms with E-state index in [4.69, 9.17) is 4.74 Å². The molecule has 1 amide bonds.